The van der Waals surface area contributed by atoms with Crippen molar-refractivity contribution in [3.8, 4) is 0 Å². The van der Waals surface area contributed by atoms with Crippen molar-refractivity contribution >= 4 is 0 Å². The van der Waals surface area contributed by atoms with Crippen LogP contribution < -0.4 is 5.32 Å². The van der Waals surface area contributed by atoms with Gasteiger partial charge in [-0.2, -0.15) is 0 Å². The number of rotatable bonds is 3. The van der Waals surface area contributed by atoms with Crippen LogP contribution in [0.3, 0.4) is 0 Å². The fourth-order valence-corrected chi connectivity index (χ4v) is 4.42. The zero-order chi connectivity index (χ0) is 10.7. The highest BCUT2D eigenvalue weighted by molar-refractivity contribution is 5.12. The molecular formula is C14H25N. The SMILES string of the molecule is CC1(C)C(NCC2CC2)[C@]2(C)CC[C@H]1C2. The van der Waals surface area contributed by atoms with Crippen LogP contribution >= 0.6 is 0 Å². The van der Waals surface area contributed by atoms with Crippen molar-refractivity contribution in [2.45, 2.75) is 58.9 Å². The molecule has 3 atom stereocenters. The minimum Gasteiger partial charge on any atom is -0.313 e. The van der Waals surface area contributed by atoms with E-state index < -0.39 is 0 Å². The summed E-state index contributed by atoms with van der Waals surface area (Å²) in [5.41, 5.74) is 1.16. The second-order valence-electron chi connectivity index (χ2n) is 7.20. The van der Waals surface area contributed by atoms with Crippen molar-refractivity contribution < 1.29 is 0 Å². The van der Waals surface area contributed by atoms with Gasteiger partial charge in [-0.15, -0.1) is 0 Å². The molecule has 15 heavy (non-hydrogen) atoms. The van der Waals surface area contributed by atoms with Crippen molar-refractivity contribution in [2.75, 3.05) is 6.54 Å². The Balaban J connectivity index is 1.73. The summed E-state index contributed by atoms with van der Waals surface area (Å²) in [6.07, 6.45) is 7.36. The molecule has 1 heteroatoms. The molecule has 0 aromatic heterocycles. The predicted molar refractivity (Wildman–Crippen MR) is 63.7 cm³/mol. The zero-order valence-electron chi connectivity index (χ0n) is 10.5. The molecule has 3 aliphatic carbocycles. The molecular weight excluding hydrogens is 182 g/mol. The predicted octanol–water partition coefficient (Wildman–Crippen LogP) is 3.20. The van der Waals surface area contributed by atoms with Crippen molar-refractivity contribution in [1.29, 1.82) is 0 Å². The summed E-state index contributed by atoms with van der Waals surface area (Å²) < 4.78 is 0. The second-order valence-corrected chi connectivity index (χ2v) is 7.20. The molecule has 0 radical (unpaired) electrons. The third kappa shape index (κ3) is 1.46. The molecule has 1 N–H and O–H groups in total. The largest absolute Gasteiger partial charge is 0.313 e. The van der Waals surface area contributed by atoms with E-state index in [9.17, 15) is 0 Å². The van der Waals surface area contributed by atoms with Crippen LogP contribution in [0, 0.1) is 22.7 Å². The first-order chi connectivity index (χ1) is 7.02. The van der Waals surface area contributed by atoms with Gasteiger partial charge in [0.05, 0.1) is 0 Å². The van der Waals surface area contributed by atoms with Crippen molar-refractivity contribution in [3.05, 3.63) is 0 Å². The highest BCUT2D eigenvalue weighted by atomic mass is 15.0. The van der Waals surface area contributed by atoms with Crippen LogP contribution in [0.5, 0.6) is 0 Å². The number of fused-ring (bicyclic) bond motifs is 2. The van der Waals surface area contributed by atoms with Gasteiger partial charge in [-0.25, -0.2) is 0 Å². The average Bonchev–Trinajstić information content (AvgIpc) is 2.84. The summed E-state index contributed by atoms with van der Waals surface area (Å²) in [6.45, 7) is 8.79. The molecule has 3 fully saturated rings. The quantitative estimate of drug-likeness (QED) is 0.749. The standard InChI is InChI=1S/C14H25N/c1-13(2)11-6-7-14(3,8-11)12(13)15-9-10-4-5-10/h10-12,15H,4-9H2,1-3H3/t11-,12?,14+/m0/s1. The van der Waals surface area contributed by atoms with Gasteiger partial charge in [-0.05, 0) is 61.3 Å². The van der Waals surface area contributed by atoms with E-state index in [-0.39, 0.29) is 0 Å². The lowest BCUT2D eigenvalue weighted by Gasteiger charge is -2.43. The highest BCUT2D eigenvalue weighted by Gasteiger charge is 2.59. The van der Waals surface area contributed by atoms with E-state index in [2.05, 4.69) is 26.1 Å². The first-order valence-corrected chi connectivity index (χ1v) is 6.76. The zero-order valence-corrected chi connectivity index (χ0v) is 10.5. The molecule has 0 aliphatic heterocycles. The Morgan fingerprint density at radius 2 is 1.87 bits per heavy atom. The molecule has 3 rings (SSSR count). The maximum absolute atomic E-state index is 3.91. The van der Waals surface area contributed by atoms with E-state index in [1.807, 2.05) is 0 Å². The van der Waals surface area contributed by atoms with E-state index in [1.165, 1.54) is 38.6 Å². The van der Waals surface area contributed by atoms with Gasteiger partial charge in [0.1, 0.15) is 0 Å². The van der Waals surface area contributed by atoms with Gasteiger partial charge in [0.15, 0.2) is 0 Å². The third-order valence-corrected chi connectivity index (χ3v) is 5.58. The first-order valence-electron chi connectivity index (χ1n) is 6.76. The molecule has 0 saturated heterocycles. The summed E-state index contributed by atoms with van der Waals surface area (Å²) in [5, 5.41) is 3.91. The van der Waals surface area contributed by atoms with Crippen LogP contribution in [-0.2, 0) is 0 Å². The van der Waals surface area contributed by atoms with E-state index in [4.69, 9.17) is 0 Å². The molecule has 0 aromatic rings. The minimum atomic E-state index is 0.544. The maximum atomic E-state index is 3.91. The van der Waals surface area contributed by atoms with Crippen LogP contribution in [0.25, 0.3) is 0 Å². The number of hydrogen-bond acceptors (Lipinski definition) is 1. The van der Waals surface area contributed by atoms with Crippen molar-refractivity contribution in [3.63, 3.8) is 0 Å². The Morgan fingerprint density at radius 3 is 2.40 bits per heavy atom. The van der Waals surface area contributed by atoms with Crippen LogP contribution in [0.15, 0.2) is 0 Å². The van der Waals surface area contributed by atoms with Gasteiger partial charge < -0.3 is 5.32 Å². The summed E-state index contributed by atoms with van der Waals surface area (Å²) in [6, 6.07) is 0.782. The Kier molecular flexibility index (Phi) is 2.03. The summed E-state index contributed by atoms with van der Waals surface area (Å²) in [7, 11) is 0. The lowest BCUT2D eigenvalue weighted by Crippen LogP contribution is -2.50. The monoisotopic (exact) mass is 207 g/mol. The number of nitrogens with one attached hydrogen (secondary N) is 1. The van der Waals surface area contributed by atoms with E-state index in [0.29, 0.717) is 10.8 Å². The van der Waals surface area contributed by atoms with Gasteiger partial charge in [0.25, 0.3) is 0 Å². The second kappa shape index (κ2) is 3.00. The summed E-state index contributed by atoms with van der Waals surface area (Å²) >= 11 is 0. The smallest absolute Gasteiger partial charge is 0.0175 e. The lowest BCUT2D eigenvalue weighted by atomic mass is 9.68. The minimum absolute atomic E-state index is 0.544. The Hall–Kier alpha value is -0.0400. The van der Waals surface area contributed by atoms with Crippen LogP contribution in [-0.4, -0.2) is 12.6 Å². The summed E-state index contributed by atoms with van der Waals surface area (Å²) in [5.74, 6) is 2.00. The average molecular weight is 207 g/mol. The lowest BCUT2D eigenvalue weighted by molar-refractivity contribution is 0.108. The van der Waals surface area contributed by atoms with Gasteiger partial charge in [0, 0.05) is 6.04 Å². The van der Waals surface area contributed by atoms with E-state index in [1.54, 1.807) is 0 Å². The molecule has 1 nitrogen and oxygen atoms in total. The maximum Gasteiger partial charge on any atom is 0.0175 e. The van der Waals surface area contributed by atoms with Gasteiger partial charge in [-0.1, -0.05) is 20.8 Å². The molecule has 2 bridgehead atoms. The molecule has 3 aliphatic rings. The van der Waals surface area contributed by atoms with Crippen LogP contribution in [0.4, 0.5) is 0 Å². The first kappa shape index (κ1) is 10.1. The molecule has 0 aromatic carbocycles. The molecule has 0 spiro atoms. The fraction of sp³-hybridized carbons (Fsp3) is 1.00. The van der Waals surface area contributed by atoms with Gasteiger partial charge >= 0.3 is 0 Å². The normalized spacial score (nSPS) is 47.4. The molecule has 86 valence electrons. The molecule has 0 amide bonds. The topological polar surface area (TPSA) is 12.0 Å². The number of hydrogen-bond donors (Lipinski definition) is 1. The molecule has 3 saturated carbocycles. The van der Waals surface area contributed by atoms with E-state index in [0.717, 1.165) is 17.9 Å². The van der Waals surface area contributed by atoms with Crippen molar-refractivity contribution in [1.82, 2.24) is 5.32 Å². The Labute approximate surface area is 94.0 Å². The third-order valence-electron chi connectivity index (χ3n) is 5.58. The van der Waals surface area contributed by atoms with Crippen LogP contribution in [0.1, 0.15) is 52.9 Å². The van der Waals surface area contributed by atoms with E-state index >= 15 is 0 Å². The molecule has 1 unspecified atom stereocenters. The van der Waals surface area contributed by atoms with Crippen LogP contribution in [0.2, 0.25) is 0 Å². The van der Waals surface area contributed by atoms with Crippen molar-refractivity contribution in [2.24, 2.45) is 22.7 Å². The molecule has 0 heterocycles. The van der Waals surface area contributed by atoms with Gasteiger partial charge in [0.2, 0.25) is 0 Å². The summed E-state index contributed by atoms with van der Waals surface area (Å²) in [4.78, 5) is 0. The van der Waals surface area contributed by atoms with Gasteiger partial charge in [-0.3, -0.25) is 0 Å². The highest BCUT2D eigenvalue weighted by Crippen LogP contribution is 2.62. The fourth-order valence-electron chi connectivity index (χ4n) is 4.42. The Morgan fingerprint density at radius 1 is 1.13 bits per heavy atom. The Bertz CT molecular complexity index is 262.